The summed E-state index contributed by atoms with van der Waals surface area (Å²) < 4.78 is 27.2. The Kier molecular flexibility index (Phi) is 4.17. The first-order valence-electron chi connectivity index (χ1n) is 7.44. The summed E-state index contributed by atoms with van der Waals surface area (Å²) in [7, 11) is -3.56. The molecule has 0 saturated heterocycles. The fourth-order valence-corrected chi connectivity index (χ4v) is 3.80. The van der Waals surface area contributed by atoms with E-state index < -0.39 is 10.0 Å². The number of aromatic amines is 2. The first-order chi connectivity index (χ1) is 10.5. The Morgan fingerprint density at radius 1 is 1.14 bits per heavy atom. The Morgan fingerprint density at radius 3 is 2.73 bits per heavy atom. The van der Waals surface area contributed by atoms with Crippen molar-refractivity contribution in [2.45, 2.75) is 37.0 Å². The fourth-order valence-electron chi connectivity index (χ4n) is 2.74. The lowest BCUT2D eigenvalue weighted by Gasteiger charge is -2.13. The molecule has 1 aromatic carbocycles. The molecule has 3 N–H and O–H groups in total. The van der Waals surface area contributed by atoms with Crippen LogP contribution in [0.15, 0.2) is 39.5 Å². The van der Waals surface area contributed by atoms with Gasteiger partial charge in [0.05, 0.1) is 15.9 Å². The molecular weight excluding hydrogens is 302 g/mol. The van der Waals surface area contributed by atoms with E-state index >= 15 is 0 Å². The summed E-state index contributed by atoms with van der Waals surface area (Å²) in [6.07, 6.45) is 7.55. The van der Waals surface area contributed by atoms with Gasteiger partial charge in [-0.25, -0.2) is 17.9 Å². The molecule has 2 aromatic rings. The van der Waals surface area contributed by atoms with E-state index in [1.165, 1.54) is 30.5 Å². The molecular formula is C15H19N3O3S. The Labute approximate surface area is 128 Å². The fraction of sp³-hybridized carbons (Fsp3) is 0.400. The zero-order valence-electron chi connectivity index (χ0n) is 12.2. The number of rotatable bonds is 5. The number of nitrogens with one attached hydrogen (secondary N) is 3. The molecule has 1 aliphatic rings. The molecule has 22 heavy (non-hydrogen) atoms. The van der Waals surface area contributed by atoms with Gasteiger partial charge in [-0.3, -0.25) is 0 Å². The zero-order valence-corrected chi connectivity index (χ0v) is 13.0. The summed E-state index contributed by atoms with van der Waals surface area (Å²) >= 11 is 0. The summed E-state index contributed by atoms with van der Waals surface area (Å²) in [6.45, 7) is 0.399. The van der Waals surface area contributed by atoms with Crippen LogP contribution in [0, 0.1) is 0 Å². The monoisotopic (exact) mass is 321 g/mol. The first-order valence-corrected chi connectivity index (χ1v) is 8.92. The molecule has 7 heteroatoms. The number of benzene rings is 1. The van der Waals surface area contributed by atoms with Gasteiger partial charge < -0.3 is 9.97 Å². The molecule has 0 amide bonds. The van der Waals surface area contributed by atoms with Crippen LogP contribution in [0.4, 0.5) is 0 Å². The number of imidazole rings is 1. The van der Waals surface area contributed by atoms with Crippen molar-refractivity contribution in [1.29, 1.82) is 0 Å². The molecule has 0 spiro atoms. The SMILES string of the molecule is O=c1[nH]c2ccc(S(=O)(=O)NCCC3=CCCCC3)cc2[nH]1. The Bertz CT molecular complexity index is 862. The van der Waals surface area contributed by atoms with Crippen LogP contribution in [0.25, 0.3) is 11.0 Å². The van der Waals surface area contributed by atoms with E-state index in [1.54, 1.807) is 6.07 Å². The van der Waals surface area contributed by atoms with Crippen LogP contribution in [-0.4, -0.2) is 24.9 Å². The van der Waals surface area contributed by atoms with E-state index in [2.05, 4.69) is 20.8 Å². The molecule has 3 rings (SSSR count). The van der Waals surface area contributed by atoms with Gasteiger partial charge in [0.15, 0.2) is 0 Å². The van der Waals surface area contributed by atoms with Gasteiger partial charge in [0, 0.05) is 6.54 Å². The van der Waals surface area contributed by atoms with Crippen LogP contribution in [0.3, 0.4) is 0 Å². The molecule has 0 bridgehead atoms. The summed E-state index contributed by atoms with van der Waals surface area (Å²) in [5.74, 6) is 0. The van der Waals surface area contributed by atoms with Gasteiger partial charge in [0.1, 0.15) is 0 Å². The maximum Gasteiger partial charge on any atom is 0.323 e. The molecule has 0 aliphatic heterocycles. The highest BCUT2D eigenvalue weighted by Crippen LogP contribution is 2.20. The number of hydrogen-bond donors (Lipinski definition) is 3. The van der Waals surface area contributed by atoms with Crippen molar-refractivity contribution in [3.8, 4) is 0 Å². The number of fused-ring (bicyclic) bond motifs is 1. The summed E-state index contributed by atoms with van der Waals surface area (Å²) in [6, 6.07) is 4.55. The van der Waals surface area contributed by atoms with Crippen molar-refractivity contribution < 1.29 is 8.42 Å². The van der Waals surface area contributed by atoms with Crippen molar-refractivity contribution in [2.24, 2.45) is 0 Å². The lowest BCUT2D eigenvalue weighted by molar-refractivity contribution is 0.579. The second-order valence-electron chi connectivity index (χ2n) is 5.54. The Morgan fingerprint density at radius 2 is 1.95 bits per heavy atom. The molecule has 0 unspecified atom stereocenters. The third kappa shape index (κ3) is 3.31. The van der Waals surface area contributed by atoms with Gasteiger partial charge in [-0.2, -0.15) is 0 Å². The summed E-state index contributed by atoms with van der Waals surface area (Å²) in [5, 5.41) is 0. The smallest absolute Gasteiger partial charge is 0.306 e. The minimum absolute atomic E-state index is 0.160. The number of H-pyrrole nitrogens is 2. The molecule has 0 saturated carbocycles. The lowest BCUT2D eigenvalue weighted by atomic mass is 9.97. The van der Waals surface area contributed by atoms with Crippen LogP contribution < -0.4 is 10.4 Å². The minimum atomic E-state index is -3.56. The third-order valence-corrected chi connectivity index (χ3v) is 5.38. The average Bonchev–Trinajstić information content (AvgIpc) is 2.87. The van der Waals surface area contributed by atoms with Crippen LogP contribution in [0.1, 0.15) is 32.1 Å². The second-order valence-corrected chi connectivity index (χ2v) is 7.31. The molecule has 118 valence electrons. The highest BCUT2D eigenvalue weighted by Gasteiger charge is 2.15. The number of sulfonamides is 1. The molecule has 1 aromatic heterocycles. The first kappa shape index (κ1) is 15.1. The van der Waals surface area contributed by atoms with Gasteiger partial charge in [-0.15, -0.1) is 0 Å². The molecule has 6 nitrogen and oxygen atoms in total. The molecule has 0 atom stereocenters. The average molecular weight is 321 g/mol. The summed E-state index contributed by atoms with van der Waals surface area (Å²) in [5.41, 5.74) is 2.07. The van der Waals surface area contributed by atoms with Gasteiger partial charge in [0.25, 0.3) is 0 Å². The van der Waals surface area contributed by atoms with Gasteiger partial charge >= 0.3 is 5.69 Å². The Balaban J connectivity index is 1.70. The maximum atomic E-state index is 12.3. The molecule has 1 aliphatic carbocycles. The number of aromatic nitrogens is 2. The Hall–Kier alpha value is -1.86. The second kappa shape index (κ2) is 6.10. The maximum absolute atomic E-state index is 12.3. The molecule has 1 heterocycles. The van der Waals surface area contributed by atoms with Crippen molar-refractivity contribution in [3.63, 3.8) is 0 Å². The largest absolute Gasteiger partial charge is 0.323 e. The van der Waals surface area contributed by atoms with E-state index in [4.69, 9.17) is 0 Å². The predicted molar refractivity (Wildman–Crippen MR) is 85.3 cm³/mol. The molecule has 0 fully saturated rings. The number of allylic oxidation sites excluding steroid dienone is 1. The topological polar surface area (TPSA) is 94.8 Å². The zero-order chi connectivity index (χ0) is 15.6. The lowest BCUT2D eigenvalue weighted by Crippen LogP contribution is -2.25. The van der Waals surface area contributed by atoms with Crippen LogP contribution in [-0.2, 0) is 10.0 Å². The summed E-state index contributed by atoms with van der Waals surface area (Å²) in [4.78, 5) is 16.5. The predicted octanol–water partition coefficient (Wildman–Crippen LogP) is 2.02. The van der Waals surface area contributed by atoms with Crippen molar-refractivity contribution in [2.75, 3.05) is 6.54 Å². The van der Waals surface area contributed by atoms with E-state index in [0.717, 1.165) is 19.3 Å². The highest BCUT2D eigenvalue weighted by atomic mass is 32.2. The van der Waals surface area contributed by atoms with Gasteiger partial charge in [-0.1, -0.05) is 11.6 Å². The highest BCUT2D eigenvalue weighted by molar-refractivity contribution is 7.89. The van der Waals surface area contributed by atoms with Crippen LogP contribution in [0.2, 0.25) is 0 Å². The van der Waals surface area contributed by atoms with Crippen LogP contribution in [0.5, 0.6) is 0 Å². The van der Waals surface area contributed by atoms with Gasteiger partial charge in [-0.05, 0) is 50.3 Å². The van der Waals surface area contributed by atoms with Crippen molar-refractivity contribution >= 4 is 21.1 Å². The van der Waals surface area contributed by atoms with E-state index in [-0.39, 0.29) is 10.6 Å². The standard InChI is InChI=1S/C15H19N3O3S/c19-15-17-13-7-6-12(10-14(13)18-15)22(20,21)16-9-8-11-4-2-1-3-5-11/h4,6-7,10,16H,1-3,5,8-9H2,(H2,17,18,19). The van der Waals surface area contributed by atoms with E-state index in [9.17, 15) is 13.2 Å². The normalized spacial score (nSPS) is 15.9. The van der Waals surface area contributed by atoms with E-state index in [0.29, 0.717) is 17.6 Å². The van der Waals surface area contributed by atoms with Crippen LogP contribution >= 0.6 is 0 Å². The van der Waals surface area contributed by atoms with Gasteiger partial charge in [0.2, 0.25) is 10.0 Å². The third-order valence-electron chi connectivity index (χ3n) is 3.92. The molecule has 0 radical (unpaired) electrons. The minimum Gasteiger partial charge on any atom is -0.306 e. The van der Waals surface area contributed by atoms with E-state index in [1.807, 2.05) is 0 Å². The quantitative estimate of drug-likeness (QED) is 0.735. The number of hydrogen-bond acceptors (Lipinski definition) is 3. The van der Waals surface area contributed by atoms with Crippen molar-refractivity contribution in [1.82, 2.24) is 14.7 Å². The van der Waals surface area contributed by atoms with Crippen molar-refractivity contribution in [3.05, 3.63) is 40.3 Å².